The van der Waals surface area contributed by atoms with Crippen molar-refractivity contribution < 1.29 is 8.82 Å². The topological polar surface area (TPSA) is 9.23 Å². The Kier molecular flexibility index (Phi) is 3.29. The molecule has 1 rings (SSSR count). The Morgan fingerprint density at radius 3 is 2.75 bits per heavy atom. The predicted molar refractivity (Wildman–Crippen MR) is 51.6 cm³/mol. The summed E-state index contributed by atoms with van der Waals surface area (Å²) >= 11 is 0. The summed E-state index contributed by atoms with van der Waals surface area (Å²) in [5.74, 6) is 0. The lowest BCUT2D eigenvalue weighted by Crippen LogP contribution is -2.43. The zero-order valence-electron chi connectivity index (χ0n) is 8.27. The second-order valence-electron chi connectivity index (χ2n) is 4.23. The van der Waals surface area contributed by atoms with Crippen molar-refractivity contribution in [2.24, 2.45) is 0 Å². The van der Waals surface area contributed by atoms with Crippen LogP contribution in [0.2, 0.25) is 19.1 Å². The zero-order valence-corrected chi connectivity index (χ0v) is 9.27. The van der Waals surface area contributed by atoms with E-state index >= 15 is 0 Å². The van der Waals surface area contributed by atoms with E-state index in [1.54, 1.807) is 0 Å². The summed E-state index contributed by atoms with van der Waals surface area (Å²) in [6.07, 6.45) is 1.84. The minimum atomic E-state index is -1.47. The van der Waals surface area contributed by atoms with Gasteiger partial charge in [0.15, 0.2) is 8.32 Å². The molecule has 0 N–H and O–H groups in total. The van der Waals surface area contributed by atoms with E-state index < -0.39 is 14.5 Å². The van der Waals surface area contributed by atoms with E-state index in [0.717, 1.165) is 12.8 Å². The van der Waals surface area contributed by atoms with Gasteiger partial charge in [-0.15, -0.1) is 0 Å². The van der Waals surface area contributed by atoms with Crippen LogP contribution in [0, 0.1) is 0 Å². The third-order valence-corrected chi connectivity index (χ3v) is 5.03. The Bertz CT molecular complexity index is 149. The molecular formula is C9H19FOSi. The van der Waals surface area contributed by atoms with Crippen LogP contribution in [-0.4, -0.2) is 20.6 Å². The largest absolute Gasteiger partial charge is 0.412 e. The van der Waals surface area contributed by atoms with Crippen molar-refractivity contribution in [1.29, 1.82) is 0 Å². The predicted octanol–water partition coefficient (Wildman–Crippen LogP) is 3.12. The molecule has 3 heteroatoms. The summed E-state index contributed by atoms with van der Waals surface area (Å²) in [5.41, 5.74) is 0. The van der Waals surface area contributed by atoms with Crippen molar-refractivity contribution in [3.63, 3.8) is 0 Å². The van der Waals surface area contributed by atoms with Crippen molar-refractivity contribution in [3.05, 3.63) is 0 Å². The summed E-state index contributed by atoms with van der Waals surface area (Å²) in [4.78, 5) is 0. The molecule has 72 valence electrons. The van der Waals surface area contributed by atoms with Crippen molar-refractivity contribution >= 4 is 8.32 Å². The first-order valence-electron chi connectivity index (χ1n) is 4.87. The van der Waals surface area contributed by atoms with Gasteiger partial charge in [-0.2, -0.15) is 0 Å². The number of hydrogen-bond acceptors (Lipinski definition) is 1. The first-order chi connectivity index (χ1) is 5.55. The lowest BCUT2D eigenvalue weighted by molar-refractivity contribution is 0.0696. The fraction of sp³-hybridized carbons (Fsp3) is 1.00. The molecule has 0 radical (unpaired) electrons. The number of rotatable bonds is 2. The summed E-state index contributed by atoms with van der Waals surface area (Å²) < 4.78 is 19.0. The first kappa shape index (κ1) is 10.2. The first-order valence-corrected chi connectivity index (χ1v) is 7.98. The van der Waals surface area contributed by atoms with Crippen molar-refractivity contribution in [2.45, 2.75) is 57.6 Å². The molecule has 0 amide bonds. The van der Waals surface area contributed by atoms with Crippen LogP contribution >= 0.6 is 0 Å². The van der Waals surface area contributed by atoms with E-state index in [4.69, 9.17) is 4.43 Å². The van der Waals surface area contributed by atoms with Gasteiger partial charge < -0.3 is 4.43 Å². The van der Waals surface area contributed by atoms with E-state index in [-0.39, 0.29) is 6.10 Å². The molecule has 1 heterocycles. The molecule has 1 nitrogen and oxygen atoms in total. The Morgan fingerprint density at radius 2 is 2.25 bits per heavy atom. The van der Waals surface area contributed by atoms with Crippen LogP contribution in [-0.2, 0) is 4.43 Å². The van der Waals surface area contributed by atoms with Gasteiger partial charge >= 0.3 is 0 Å². The van der Waals surface area contributed by atoms with Crippen LogP contribution < -0.4 is 0 Å². The van der Waals surface area contributed by atoms with Crippen LogP contribution in [0.15, 0.2) is 0 Å². The van der Waals surface area contributed by atoms with Crippen LogP contribution in [0.3, 0.4) is 0 Å². The molecule has 2 atom stereocenters. The van der Waals surface area contributed by atoms with Gasteiger partial charge in [0.1, 0.15) is 6.17 Å². The monoisotopic (exact) mass is 190 g/mol. The maximum atomic E-state index is 13.3. The Hall–Kier alpha value is 0.107. The van der Waals surface area contributed by atoms with Gasteiger partial charge in [0.25, 0.3) is 0 Å². The van der Waals surface area contributed by atoms with E-state index in [2.05, 4.69) is 13.1 Å². The van der Waals surface area contributed by atoms with E-state index in [0.29, 0.717) is 6.42 Å². The highest BCUT2D eigenvalue weighted by molar-refractivity contribution is 6.71. The van der Waals surface area contributed by atoms with Gasteiger partial charge in [-0.3, -0.25) is 0 Å². The Balaban J connectivity index is 2.46. The second kappa shape index (κ2) is 3.88. The molecule has 0 spiro atoms. The zero-order chi connectivity index (χ0) is 9.19. The number of hydrogen-bond donors (Lipinski definition) is 0. The van der Waals surface area contributed by atoms with E-state index in [1.807, 2.05) is 6.92 Å². The van der Waals surface area contributed by atoms with Gasteiger partial charge in [-0.05, 0) is 32.0 Å². The molecule has 0 saturated carbocycles. The van der Waals surface area contributed by atoms with Gasteiger partial charge in [0.2, 0.25) is 0 Å². The highest BCUT2D eigenvalue weighted by Gasteiger charge is 2.34. The quantitative estimate of drug-likeness (QED) is 0.608. The maximum absolute atomic E-state index is 13.3. The minimum absolute atomic E-state index is 0.0922. The highest BCUT2D eigenvalue weighted by atomic mass is 28.4. The van der Waals surface area contributed by atoms with Gasteiger partial charge in [0.05, 0.1) is 6.10 Å². The van der Waals surface area contributed by atoms with Crippen LogP contribution in [0.25, 0.3) is 0 Å². The average Bonchev–Trinajstić information content (AvgIpc) is 2.01. The third-order valence-electron chi connectivity index (χ3n) is 2.53. The molecule has 0 aliphatic carbocycles. The fourth-order valence-electron chi connectivity index (χ4n) is 1.77. The molecule has 0 aromatic carbocycles. The van der Waals surface area contributed by atoms with Gasteiger partial charge in [-0.25, -0.2) is 4.39 Å². The standard InChI is InChI=1S/C9H19FOSi/c1-4-8(10)9-6-5-7-12(2,3)11-9/h8-9H,4-7H2,1-3H3. The maximum Gasteiger partial charge on any atom is 0.187 e. The SMILES string of the molecule is CCC(F)C1CCC[Si](C)(C)O1. The smallest absolute Gasteiger partial charge is 0.187 e. The molecule has 1 aliphatic rings. The van der Waals surface area contributed by atoms with Gasteiger partial charge in [-0.1, -0.05) is 13.3 Å². The molecule has 0 aromatic heterocycles. The third kappa shape index (κ3) is 2.56. The van der Waals surface area contributed by atoms with Crippen LogP contribution in [0.4, 0.5) is 4.39 Å². The molecular weight excluding hydrogens is 171 g/mol. The van der Waals surface area contributed by atoms with Crippen molar-refractivity contribution in [2.75, 3.05) is 0 Å². The molecule has 12 heavy (non-hydrogen) atoms. The van der Waals surface area contributed by atoms with Crippen LogP contribution in [0.5, 0.6) is 0 Å². The van der Waals surface area contributed by atoms with E-state index in [9.17, 15) is 4.39 Å². The second-order valence-corrected chi connectivity index (χ2v) is 8.49. The molecule has 1 aliphatic heterocycles. The van der Waals surface area contributed by atoms with Crippen molar-refractivity contribution in [3.8, 4) is 0 Å². The molecule has 0 aromatic rings. The Labute approximate surface area is 75.4 Å². The summed E-state index contributed by atoms with van der Waals surface area (Å²) in [6, 6.07) is 1.19. The molecule has 1 saturated heterocycles. The number of halogens is 1. The summed E-state index contributed by atoms with van der Waals surface area (Å²) in [7, 11) is -1.47. The lowest BCUT2D eigenvalue weighted by atomic mass is 10.1. The highest BCUT2D eigenvalue weighted by Crippen LogP contribution is 2.29. The Morgan fingerprint density at radius 1 is 1.58 bits per heavy atom. The fourth-order valence-corrected chi connectivity index (χ4v) is 4.03. The average molecular weight is 190 g/mol. The summed E-state index contributed by atoms with van der Waals surface area (Å²) in [5, 5.41) is 0. The molecule has 2 unspecified atom stereocenters. The normalized spacial score (nSPS) is 31.5. The van der Waals surface area contributed by atoms with E-state index in [1.165, 1.54) is 6.04 Å². The summed E-state index contributed by atoms with van der Waals surface area (Å²) in [6.45, 7) is 6.25. The molecule has 0 bridgehead atoms. The minimum Gasteiger partial charge on any atom is -0.412 e. The molecule has 1 fully saturated rings. The van der Waals surface area contributed by atoms with Gasteiger partial charge in [0, 0.05) is 0 Å². The van der Waals surface area contributed by atoms with Crippen LogP contribution in [0.1, 0.15) is 26.2 Å². The lowest BCUT2D eigenvalue weighted by Gasteiger charge is -2.35. The van der Waals surface area contributed by atoms with Crippen molar-refractivity contribution in [1.82, 2.24) is 0 Å². The number of alkyl halides is 1.